The summed E-state index contributed by atoms with van der Waals surface area (Å²) < 4.78 is 5.15. The second-order valence-electron chi connectivity index (χ2n) is 4.53. The van der Waals surface area contributed by atoms with Crippen LogP contribution < -0.4 is 10.1 Å². The number of likely N-dealkylation sites (N-methyl/N-ethyl adjacent to an activating group) is 1. The van der Waals surface area contributed by atoms with Gasteiger partial charge in [0, 0.05) is 0 Å². The molecule has 6 nitrogen and oxygen atoms in total. The summed E-state index contributed by atoms with van der Waals surface area (Å²) in [7, 11) is 1.51. The van der Waals surface area contributed by atoms with E-state index in [1.165, 1.54) is 7.11 Å². The second-order valence-corrected chi connectivity index (χ2v) is 4.53. The van der Waals surface area contributed by atoms with Crippen molar-refractivity contribution in [2.75, 3.05) is 25.5 Å². The van der Waals surface area contributed by atoms with E-state index < -0.39 is 12.0 Å². The highest BCUT2D eigenvalue weighted by Crippen LogP contribution is 2.23. The van der Waals surface area contributed by atoms with Gasteiger partial charge in [0.15, 0.2) is 0 Å². The third-order valence-electron chi connectivity index (χ3n) is 3.30. The number of carbonyl (C=O) groups excluding carboxylic acids is 1. The van der Waals surface area contributed by atoms with Crippen molar-refractivity contribution in [3.05, 3.63) is 24.3 Å². The molecule has 2 N–H and O–H groups in total. The Kier molecular flexibility index (Phi) is 6.68. The van der Waals surface area contributed by atoms with Gasteiger partial charge in [0.25, 0.3) is 0 Å². The van der Waals surface area contributed by atoms with Crippen LogP contribution >= 0.6 is 0 Å². The minimum Gasteiger partial charge on any atom is -0.495 e. The van der Waals surface area contributed by atoms with Crippen LogP contribution in [-0.2, 0) is 9.59 Å². The summed E-state index contributed by atoms with van der Waals surface area (Å²) in [5.74, 6) is -0.798. The van der Waals surface area contributed by atoms with E-state index in [1.807, 2.05) is 13.8 Å². The van der Waals surface area contributed by atoms with Gasteiger partial charge in [0.1, 0.15) is 11.8 Å². The van der Waals surface area contributed by atoms with Crippen LogP contribution in [0.25, 0.3) is 0 Å². The normalized spacial score (nSPS) is 12.0. The smallest absolute Gasteiger partial charge is 0.321 e. The SMILES string of the molecule is CCN(CC)[C@H](CC(=O)Nc1ccccc1OC)C(=O)O. The van der Waals surface area contributed by atoms with Crippen LogP contribution in [-0.4, -0.2) is 48.1 Å². The summed E-state index contributed by atoms with van der Waals surface area (Å²) in [6.07, 6.45) is -0.102. The predicted molar refractivity (Wildman–Crippen MR) is 80.6 cm³/mol. The van der Waals surface area contributed by atoms with Crippen LogP contribution in [0.3, 0.4) is 0 Å². The Labute approximate surface area is 124 Å². The highest BCUT2D eigenvalue weighted by molar-refractivity contribution is 5.95. The van der Waals surface area contributed by atoms with Crippen molar-refractivity contribution >= 4 is 17.6 Å². The highest BCUT2D eigenvalue weighted by Gasteiger charge is 2.26. The summed E-state index contributed by atoms with van der Waals surface area (Å²) >= 11 is 0. The topological polar surface area (TPSA) is 78.9 Å². The Morgan fingerprint density at radius 3 is 2.43 bits per heavy atom. The number of hydrogen-bond acceptors (Lipinski definition) is 4. The minimum absolute atomic E-state index is 0.102. The molecule has 1 rings (SSSR count). The number of carboxylic acid groups (broad SMARTS) is 1. The van der Waals surface area contributed by atoms with Gasteiger partial charge in [-0.3, -0.25) is 14.5 Å². The van der Waals surface area contributed by atoms with E-state index in [9.17, 15) is 14.7 Å². The monoisotopic (exact) mass is 294 g/mol. The fourth-order valence-corrected chi connectivity index (χ4v) is 2.16. The molecule has 1 amide bonds. The van der Waals surface area contributed by atoms with Gasteiger partial charge in [-0.05, 0) is 25.2 Å². The molecule has 0 heterocycles. The lowest BCUT2D eigenvalue weighted by Gasteiger charge is -2.25. The third-order valence-corrected chi connectivity index (χ3v) is 3.30. The molecule has 116 valence electrons. The minimum atomic E-state index is -0.992. The Balaban J connectivity index is 2.76. The Hall–Kier alpha value is -2.08. The number of hydrogen-bond donors (Lipinski definition) is 2. The number of rotatable bonds is 8. The molecule has 1 aromatic rings. The Morgan fingerprint density at radius 2 is 1.90 bits per heavy atom. The molecule has 0 fully saturated rings. The average Bonchev–Trinajstić information content (AvgIpc) is 2.47. The number of nitrogens with one attached hydrogen (secondary N) is 1. The second kappa shape index (κ2) is 8.26. The van der Waals surface area contributed by atoms with Gasteiger partial charge in [-0.1, -0.05) is 26.0 Å². The van der Waals surface area contributed by atoms with Crippen LogP contribution in [0.15, 0.2) is 24.3 Å². The van der Waals surface area contributed by atoms with Crippen molar-refractivity contribution < 1.29 is 19.4 Å². The largest absolute Gasteiger partial charge is 0.495 e. The highest BCUT2D eigenvalue weighted by atomic mass is 16.5. The van der Waals surface area contributed by atoms with Gasteiger partial charge in [-0.2, -0.15) is 0 Å². The van der Waals surface area contributed by atoms with Crippen molar-refractivity contribution in [1.82, 2.24) is 4.90 Å². The molecule has 0 saturated carbocycles. The van der Waals surface area contributed by atoms with Crippen LogP contribution in [0.5, 0.6) is 5.75 Å². The van der Waals surface area contributed by atoms with Crippen molar-refractivity contribution in [2.24, 2.45) is 0 Å². The molecule has 21 heavy (non-hydrogen) atoms. The van der Waals surface area contributed by atoms with Gasteiger partial charge in [-0.25, -0.2) is 0 Å². The molecule has 0 bridgehead atoms. The van der Waals surface area contributed by atoms with Gasteiger partial charge < -0.3 is 15.2 Å². The summed E-state index contributed by atoms with van der Waals surface area (Å²) in [4.78, 5) is 25.1. The number of nitrogens with zero attached hydrogens (tertiary/aromatic N) is 1. The molecule has 6 heteroatoms. The molecule has 0 aromatic heterocycles. The average molecular weight is 294 g/mol. The van der Waals surface area contributed by atoms with Crippen molar-refractivity contribution in [1.29, 1.82) is 0 Å². The lowest BCUT2D eigenvalue weighted by atomic mass is 10.1. The molecule has 0 aliphatic carbocycles. The molecule has 0 radical (unpaired) electrons. The first-order chi connectivity index (χ1) is 10.0. The van der Waals surface area contributed by atoms with Crippen LogP contribution in [0.2, 0.25) is 0 Å². The fraction of sp³-hybridized carbons (Fsp3) is 0.467. The predicted octanol–water partition coefficient (Wildman–Crippen LogP) is 1.82. The number of benzene rings is 1. The van der Waals surface area contributed by atoms with Crippen molar-refractivity contribution in [3.63, 3.8) is 0 Å². The maximum absolute atomic E-state index is 12.1. The number of methoxy groups -OCH3 is 1. The first-order valence-electron chi connectivity index (χ1n) is 6.93. The summed E-state index contributed by atoms with van der Waals surface area (Å²) in [6, 6.07) is 6.19. The summed E-state index contributed by atoms with van der Waals surface area (Å²) in [5.41, 5.74) is 0.536. The van der Waals surface area contributed by atoms with E-state index in [1.54, 1.807) is 29.2 Å². The van der Waals surface area contributed by atoms with Gasteiger partial charge in [0.05, 0.1) is 19.2 Å². The number of carbonyl (C=O) groups is 2. The lowest BCUT2D eigenvalue weighted by Crippen LogP contribution is -2.43. The van der Waals surface area contributed by atoms with E-state index in [0.29, 0.717) is 24.5 Å². The van der Waals surface area contributed by atoms with Gasteiger partial charge in [-0.15, -0.1) is 0 Å². The van der Waals surface area contributed by atoms with Crippen LogP contribution in [0.4, 0.5) is 5.69 Å². The molecule has 0 spiro atoms. The lowest BCUT2D eigenvalue weighted by molar-refractivity contribution is -0.145. The standard InChI is InChI=1S/C15H22N2O4/c1-4-17(5-2)12(15(19)20)10-14(18)16-11-8-6-7-9-13(11)21-3/h6-9,12H,4-5,10H2,1-3H3,(H,16,18)(H,19,20)/t12-/m1/s1. The quantitative estimate of drug-likeness (QED) is 0.764. The molecule has 0 aliphatic rings. The number of carboxylic acids is 1. The number of para-hydroxylation sites is 2. The fourth-order valence-electron chi connectivity index (χ4n) is 2.16. The molecule has 1 aromatic carbocycles. The van der Waals surface area contributed by atoms with E-state index >= 15 is 0 Å². The number of ether oxygens (including phenoxy) is 1. The molecular weight excluding hydrogens is 272 g/mol. The number of aliphatic carboxylic acids is 1. The van der Waals surface area contributed by atoms with Crippen molar-refractivity contribution in [2.45, 2.75) is 26.3 Å². The van der Waals surface area contributed by atoms with Gasteiger partial charge >= 0.3 is 5.97 Å². The zero-order chi connectivity index (χ0) is 15.8. The van der Waals surface area contributed by atoms with E-state index in [2.05, 4.69) is 5.32 Å². The number of amides is 1. The maximum Gasteiger partial charge on any atom is 0.321 e. The third kappa shape index (κ3) is 4.75. The van der Waals surface area contributed by atoms with E-state index in [-0.39, 0.29) is 12.3 Å². The molecular formula is C15H22N2O4. The number of anilines is 1. The van der Waals surface area contributed by atoms with E-state index in [4.69, 9.17) is 4.74 Å². The molecule has 0 saturated heterocycles. The molecule has 0 unspecified atom stereocenters. The summed E-state index contributed by atoms with van der Waals surface area (Å²) in [6.45, 7) is 4.90. The van der Waals surface area contributed by atoms with Gasteiger partial charge in [0.2, 0.25) is 5.91 Å². The molecule has 0 aliphatic heterocycles. The van der Waals surface area contributed by atoms with E-state index in [0.717, 1.165) is 0 Å². The van der Waals surface area contributed by atoms with Crippen LogP contribution in [0, 0.1) is 0 Å². The zero-order valence-electron chi connectivity index (χ0n) is 12.6. The Morgan fingerprint density at radius 1 is 1.29 bits per heavy atom. The Bertz CT molecular complexity index is 486. The first-order valence-corrected chi connectivity index (χ1v) is 6.93. The first kappa shape index (κ1) is 17.0. The summed E-state index contributed by atoms with van der Waals surface area (Å²) in [5, 5.41) is 12.0. The maximum atomic E-state index is 12.1. The molecule has 1 atom stereocenters. The van der Waals surface area contributed by atoms with Crippen molar-refractivity contribution in [3.8, 4) is 5.75 Å². The zero-order valence-corrected chi connectivity index (χ0v) is 12.6. The van der Waals surface area contributed by atoms with Crippen LogP contribution in [0.1, 0.15) is 20.3 Å².